The van der Waals surface area contributed by atoms with Gasteiger partial charge in [-0.25, -0.2) is 4.98 Å². The molecule has 1 atom stereocenters. The number of alkyl halides is 3. The fourth-order valence-electron chi connectivity index (χ4n) is 2.23. The lowest BCUT2D eigenvalue weighted by Crippen LogP contribution is -2.47. The molecule has 0 aromatic carbocycles. The van der Waals surface area contributed by atoms with Gasteiger partial charge < -0.3 is 10.0 Å². The zero-order chi connectivity index (χ0) is 14.3. The Kier molecular flexibility index (Phi) is 3.11. The van der Waals surface area contributed by atoms with Crippen molar-refractivity contribution in [3.8, 4) is 0 Å². The predicted octanol–water partition coefficient (Wildman–Crippen LogP) is 1.63. The number of carbonyl (C=O) groups is 1. The van der Waals surface area contributed by atoms with E-state index in [0.29, 0.717) is 11.5 Å². The van der Waals surface area contributed by atoms with Gasteiger partial charge in [0.05, 0.1) is 5.69 Å². The van der Waals surface area contributed by atoms with Crippen LogP contribution >= 0.6 is 0 Å². The molecule has 2 heterocycles. The van der Waals surface area contributed by atoms with Crippen LogP contribution in [0.5, 0.6) is 0 Å². The molecule has 8 heteroatoms. The number of nitrogens with zero attached hydrogens (tertiary/aromatic N) is 3. The minimum atomic E-state index is -4.79. The van der Waals surface area contributed by atoms with Crippen LogP contribution in [0.25, 0.3) is 0 Å². The number of hydrogen-bond acceptors (Lipinski definition) is 4. The van der Waals surface area contributed by atoms with Crippen molar-refractivity contribution in [3.05, 3.63) is 18.1 Å². The maximum Gasteiger partial charge on any atom is 0.406 e. The average Bonchev–Trinajstić information content (AvgIpc) is 2.75. The largest absolute Gasteiger partial charge is 0.481 e. The van der Waals surface area contributed by atoms with Crippen LogP contribution in [-0.4, -0.2) is 40.3 Å². The molecule has 1 N–H and O–H groups in total. The molecule has 104 valence electrons. The summed E-state index contributed by atoms with van der Waals surface area (Å²) < 4.78 is 39.0. The molecule has 0 radical (unpaired) electrons. The summed E-state index contributed by atoms with van der Waals surface area (Å²) in [5.74, 6) is -1.54. The second kappa shape index (κ2) is 4.36. The SMILES string of the molecule is Cc1nccnc1N1CCC(C(=O)O)(C(F)(F)F)C1. The zero-order valence-corrected chi connectivity index (χ0v) is 10.1. The van der Waals surface area contributed by atoms with Gasteiger partial charge in [-0.2, -0.15) is 13.2 Å². The second-order valence-electron chi connectivity index (χ2n) is 4.52. The highest BCUT2D eigenvalue weighted by Crippen LogP contribution is 2.46. The van der Waals surface area contributed by atoms with Crippen molar-refractivity contribution in [1.82, 2.24) is 9.97 Å². The smallest absolute Gasteiger partial charge is 0.406 e. The summed E-state index contributed by atoms with van der Waals surface area (Å²) in [6.45, 7) is 0.980. The second-order valence-corrected chi connectivity index (χ2v) is 4.52. The molecule has 5 nitrogen and oxygen atoms in total. The fraction of sp³-hybridized carbons (Fsp3) is 0.545. The molecule has 1 saturated heterocycles. The molecule has 0 saturated carbocycles. The van der Waals surface area contributed by atoms with E-state index in [0.717, 1.165) is 0 Å². The van der Waals surface area contributed by atoms with Crippen molar-refractivity contribution in [2.24, 2.45) is 5.41 Å². The van der Waals surface area contributed by atoms with Crippen LogP contribution in [0, 0.1) is 12.3 Å². The van der Waals surface area contributed by atoms with Crippen molar-refractivity contribution < 1.29 is 23.1 Å². The topological polar surface area (TPSA) is 66.3 Å². The molecule has 0 aliphatic carbocycles. The molecule has 2 rings (SSSR count). The summed E-state index contributed by atoms with van der Waals surface area (Å²) in [6.07, 6.45) is -2.47. The number of halogens is 3. The number of carboxylic acids is 1. The predicted molar refractivity (Wildman–Crippen MR) is 59.7 cm³/mol. The average molecular weight is 275 g/mol. The number of aliphatic carboxylic acids is 1. The molecule has 0 amide bonds. The van der Waals surface area contributed by atoms with Gasteiger partial charge >= 0.3 is 12.1 Å². The van der Waals surface area contributed by atoms with Crippen LogP contribution in [0.15, 0.2) is 12.4 Å². The van der Waals surface area contributed by atoms with E-state index >= 15 is 0 Å². The van der Waals surface area contributed by atoms with Gasteiger partial charge in [-0.05, 0) is 13.3 Å². The first kappa shape index (κ1) is 13.6. The minimum Gasteiger partial charge on any atom is -0.481 e. The molecule has 1 aromatic rings. The van der Waals surface area contributed by atoms with Gasteiger partial charge in [-0.1, -0.05) is 0 Å². The van der Waals surface area contributed by atoms with E-state index in [2.05, 4.69) is 9.97 Å². The van der Waals surface area contributed by atoms with E-state index in [4.69, 9.17) is 5.11 Å². The Bertz CT molecular complexity index is 506. The first-order chi connectivity index (χ1) is 8.78. The Morgan fingerprint density at radius 3 is 2.53 bits per heavy atom. The first-order valence-corrected chi connectivity index (χ1v) is 5.60. The normalized spacial score (nSPS) is 23.7. The number of hydrogen-bond donors (Lipinski definition) is 1. The van der Waals surface area contributed by atoms with Crippen LogP contribution < -0.4 is 4.90 Å². The highest BCUT2D eigenvalue weighted by atomic mass is 19.4. The third-order valence-electron chi connectivity index (χ3n) is 3.38. The lowest BCUT2D eigenvalue weighted by Gasteiger charge is -2.27. The Labute approximate surface area is 107 Å². The molecule has 1 aromatic heterocycles. The maximum absolute atomic E-state index is 13.0. The van der Waals surface area contributed by atoms with Crippen molar-refractivity contribution >= 4 is 11.8 Å². The number of anilines is 1. The Balaban J connectivity index is 2.33. The third-order valence-corrected chi connectivity index (χ3v) is 3.38. The lowest BCUT2D eigenvalue weighted by atomic mass is 9.86. The number of aromatic nitrogens is 2. The van der Waals surface area contributed by atoms with E-state index in [9.17, 15) is 18.0 Å². The maximum atomic E-state index is 13.0. The zero-order valence-electron chi connectivity index (χ0n) is 10.1. The Morgan fingerprint density at radius 1 is 1.42 bits per heavy atom. The van der Waals surface area contributed by atoms with E-state index in [-0.39, 0.29) is 6.54 Å². The summed E-state index contributed by atoms with van der Waals surface area (Å²) in [7, 11) is 0. The molecule has 0 spiro atoms. The fourth-order valence-corrected chi connectivity index (χ4v) is 2.23. The molecule has 1 aliphatic heterocycles. The van der Waals surface area contributed by atoms with Gasteiger partial charge in [-0.15, -0.1) is 0 Å². The van der Waals surface area contributed by atoms with Gasteiger partial charge in [0, 0.05) is 25.5 Å². The number of aryl methyl sites for hydroxylation is 1. The summed E-state index contributed by atoms with van der Waals surface area (Å²) >= 11 is 0. The highest BCUT2D eigenvalue weighted by molar-refractivity contribution is 5.78. The minimum absolute atomic E-state index is 0.00859. The van der Waals surface area contributed by atoms with E-state index in [1.807, 2.05) is 0 Å². The van der Waals surface area contributed by atoms with Crippen LogP contribution in [-0.2, 0) is 4.79 Å². The van der Waals surface area contributed by atoms with Gasteiger partial charge in [-0.3, -0.25) is 9.78 Å². The monoisotopic (exact) mass is 275 g/mol. The molecule has 1 fully saturated rings. The van der Waals surface area contributed by atoms with E-state index < -0.39 is 30.5 Å². The van der Waals surface area contributed by atoms with Crippen LogP contribution in [0.2, 0.25) is 0 Å². The van der Waals surface area contributed by atoms with Crippen molar-refractivity contribution in [1.29, 1.82) is 0 Å². The summed E-state index contributed by atoms with van der Waals surface area (Å²) in [6, 6.07) is 0. The molecule has 0 bridgehead atoms. The van der Waals surface area contributed by atoms with Crippen molar-refractivity contribution in [2.45, 2.75) is 19.5 Å². The molecule has 19 heavy (non-hydrogen) atoms. The molecule has 1 aliphatic rings. The quantitative estimate of drug-likeness (QED) is 0.888. The lowest BCUT2D eigenvalue weighted by molar-refractivity contribution is -0.225. The molecular weight excluding hydrogens is 263 g/mol. The molecule has 1 unspecified atom stereocenters. The van der Waals surface area contributed by atoms with Crippen LogP contribution in [0.4, 0.5) is 19.0 Å². The summed E-state index contributed by atoms with van der Waals surface area (Å²) in [4.78, 5) is 20.3. The number of rotatable bonds is 2. The summed E-state index contributed by atoms with van der Waals surface area (Å²) in [5.41, 5.74) is -2.25. The van der Waals surface area contributed by atoms with Crippen LogP contribution in [0.3, 0.4) is 0 Å². The Morgan fingerprint density at radius 2 is 2.05 bits per heavy atom. The van der Waals surface area contributed by atoms with Crippen molar-refractivity contribution in [2.75, 3.05) is 18.0 Å². The third kappa shape index (κ3) is 2.11. The Hall–Kier alpha value is -1.86. The van der Waals surface area contributed by atoms with Gasteiger partial charge in [0.2, 0.25) is 0 Å². The highest BCUT2D eigenvalue weighted by Gasteiger charge is 2.63. The van der Waals surface area contributed by atoms with Gasteiger partial charge in [0.15, 0.2) is 5.41 Å². The molecular formula is C11H12F3N3O2. The van der Waals surface area contributed by atoms with Crippen LogP contribution in [0.1, 0.15) is 12.1 Å². The standard InChI is InChI=1S/C11H12F3N3O2/c1-7-8(16-4-3-15-7)17-5-2-10(6-17,9(18)19)11(12,13)14/h3-4H,2,5-6H2,1H3,(H,18,19). The van der Waals surface area contributed by atoms with Gasteiger partial charge in [0.1, 0.15) is 5.82 Å². The first-order valence-electron chi connectivity index (χ1n) is 5.60. The van der Waals surface area contributed by atoms with E-state index in [1.165, 1.54) is 17.3 Å². The van der Waals surface area contributed by atoms with E-state index in [1.54, 1.807) is 6.92 Å². The van der Waals surface area contributed by atoms with Gasteiger partial charge in [0.25, 0.3) is 0 Å². The summed E-state index contributed by atoms with van der Waals surface area (Å²) in [5, 5.41) is 8.95. The number of carboxylic acid groups (broad SMARTS) is 1. The van der Waals surface area contributed by atoms with Crippen molar-refractivity contribution in [3.63, 3.8) is 0 Å².